The van der Waals surface area contributed by atoms with Gasteiger partial charge in [-0.25, -0.2) is 8.42 Å². The van der Waals surface area contributed by atoms with E-state index in [9.17, 15) is 8.42 Å². The lowest BCUT2D eigenvalue weighted by atomic mass is 10.2. The molecule has 0 heterocycles. The van der Waals surface area contributed by atoms with Gasteiger partial charge >= 0.3 is 0 Å². The zero-order chi connectivity index (χ0) is 9.24. The van der Waals surface area contributed by atoms with Crippen molar-refractivity contribution in [2.75, 3.05) is 12.0 Å². The molecule has 1 rings (SSSR count). The Morgan fingerprint density at radius 3 is 2.42 bits per heavy atom. The highest BCUT2D eigenvalue weighted by atomic mass is 35.7. The van der Waals surface area contributed by atoms with Crippen LogP contribution in [0.5, 0.6) is 0 Å². The highest BCUT2D eigenvalue weighted by molar-refractivity contribution is 8.15. The van der Waals surface area contributed by atoms with Crippen molar-refractivity contribution < 1.29 is 8.42 Å². The second-order valence-corrected chi connectivity index (χ2v) is 7.16. The number of rotatable bonds is 5. The molecule has 0 aromatic carbocycles. The van der Waals surface area contributed by atoms with Crippen LogP contribution in [0.2, 0.25) is 0 Å². The predicted octanol–water partition coefficient (Wildman–Crippen LogP) is 2.23. The molecule has 0 aliphatic heterocycles. The van der Waals surface area contributed by atoms with Gasteiger partial charge in [-0.15, -0.1) is 0 Å². The number of hydrogen-bond acceptors (Lipinski definition) is 3. The molecule has 2 nitrogen and oxygen atoms in total. The fraction of sp³-hybridized carbons (Fsp3) is 1.00. The third-order valence-corrected chi connectivity index (χ3v) is 5.63. The minimum Gasteiger partial charge on any atom is -0.212 e. The highest BCUT2D eigenvalue weighted by Crippen LogP contribution is 2.49. The van der Waals surface area contributed by atoms with Crippen LogP contribution in [0.4, 0.5) is 0 Å². The van der Waals surface area contributed by atoms with Crippen LogP contribution in [-0.4, -0.2) is 25.2 Å². The van der Waals surface area contributed by atoms with Crippen LogP contribution in [0.15, 0.2) is 0 Å². The van der Waals surface area contributed by atoms with Gasteiger partial charge in [0.25, 0.3) is 0 Å². The summed E-state index contributed by atoms with van der Waals surface area (Å²) in [6, 6.07) is 0. The van der Waals surface area contributed by atoms with Gasteiger partial charge < -0.3 is 0 Å². The lowest BCUT2D eigenvalue weighted by molar-refractivity contribution is 0.581. The highest BCUT2D eigenvalue weighted by Gasteiger charge is 2.52. The van der Waals surface area contributed by atoms with Crippen molar-refractivity contribution >= 4 is 31.5 Å². The molecule has 0 aromatic rings. The van der Waals surface area contributed by atoms with E-state index in [-0.39, 0.29) is 0 Å². The second-order valence-electron chi connectivity index (χ2n) is 3.22. The fourth-order valence-corrected chi connectivity index (χ4v) is 3.40. The Labute approximate surface area is 82.5 Å². The van der Waals surface area contributed by atoms with Crippen LogP contribution in [0, 0.1) is 0 Å². The summed E-state index contributed by atoms with van der Waals surface area (Å²) in [4.78, 5) is 0. The van der Waals surface area contributed by atoms with E-state index in [0.29, 0.717) is 0 Å². The maximum Gasteiger partial charge on any atom is 0.238 e. The first kappa shape index (κ1) is 10.7. The molecule has 1 aliphatic rings. The van der Waals surface area contributed by atoms with Crippen molar-refractivity contribution in [3.05, 3.63) is 0 Å². The van der Waals surface area contributed by atoms with E-state index >= 15 is 0 Å². The molecule has 0 amide bonds. The Kier molecular flexibility index (Phi) is 3.34. The van der Waals surface area contributed by atoms with Gasteiger partial charge in [0.1, 0.15) is 0 Å². The van der Waals surface area contributed by atoms with E-state index in [1.807, 2.05) is 6.26 Å². The average molecular weight is 229 g/mol. The molecular weight excluding hydrogens is 216 g/mol. The summed E-state index contributed by atoms with van der Waals surface area (Å²) < 4.78 is 21.6. The molecule has 0 unspecified atom stereocenters. The van der Waals surface area contributed by atoms with E-state index in [2.05, 4.69) is 0 Å². The van der Waals surface area contributed by atoms with Gasteiger partial charge in [0.2, 0.25) is 9.05 Å². The first-order valence-electron chi connectivity index (χ1n) is 3.95. The molecule has 1 fully saturated rings. The Morgan fingerprint density at radius 1 is 1.50 bits per heavy atom. The monoisotopic (exact) mass is 228 g/mol. The van der Waals surface area contributed by atoms with Crippen molar-refractivity contribution in [2.45, 2.75) is 30.4 Å². The fourth-order valence-electron chi connectivity index (χ4n) is 1.29. The van der Waals surface area contributed by atoms with E-state index in [1.54, 1.807) is 11.8 Å². The van der Waals surface area contributed by atoms with Crippen molar-refractivity contribution in [3.63, 3.8) is 0 Å². The Bertz CT molecular complexity index is 244. The van der Waals surface area contributed by atoms with E-state index in [0.717, 1.165) is 31.4 Å². The van der Waals surface area contributed by atoms with Gasteiger partial charge in [0.15, 0.2) is 0 Å². The molecule has 12 heavy (non-hydrogen) atoms. The van der Waals surface area contributed by atoms with Gasteiger partial charge in [0, 0.05) is 10.7 Å². The zero-order valence-electron chi connectivity index (χ0n) is 7.05. The van der Waals surface area contributed by atoms with Crippen molar-refractivity contribution in [1.29, 1.82) is 0 Å². The van der Waals surface area contributed by atoms with Crippen molar-refractivity contribution in [1.82, 2.24) is 0 Å². The van der Waals surface area contributed by atoms with Crippen molar-refractivity contribution in [3.8, 4) is 0 Å². The molecule has 1 aliphatic carbocycles. The standard InChI is InChI=1S/C7H13ClO2S2/c1-11-6-2-3-7(4-5-7)12(8,9)10/h2-6H2,1H3. The first-order valence-corrected chi connectivity index (χ1v) is 7.65. The quantitative estimate of drug-likeness (QED) is 0.535. The molecule has 0 saturated heterocycles. The van der Waals surface area contributed by atoms with Gasteiger partial charge in [-0.3, -0.25) is 0 Å². The van der Waals surface area contributed by atoms with Gasteiger partial charge in [0.05, 0.1) is 4.75 Å². The maximum absolute atomic E-state index is 11.1. The van der Waals surface area contributed by atoms with Gasteiger partial charge in [-0.2, -0.15) is 11.8 Å². The van der Waals surface area contributed by atoms with Crippen LogP contribution < -0.4 is 0 Å². The molecule has 72 valence electrons. The summed E-state index contributed by atoms with van der Waals surface area (Å²) in [5.41, 5.74) is 0. The van der Waals surface area contributed by atoms with Crippen molar-refractivity contribution in [2.24, 2.45) is 0 Å². The Hall–Kier alpha value is 0.590. The minimum atomic E-state index is -3.31. The molecule has 0 spiro atoms. The van der Waals surface area contributed by atoms with E-state index in [1.165, 1.54) is 0 Å². The average Bonchev–Trinajstić information content (AvgIpc) is 2.67. The molecular formula is C7H13ClO2S2. The lowest BCUT2D eigenvalue weighted by Crippen LogP contribution is -2.17. The topological polar surface area (TPSA) is 34.1 Å². The molecule has 1 saturated carbocycles. The Balaban J connectivity index is 2.41. The normalized spacial score (nSPS) is 20.8. The largest absolute Gasteiger partial charge is 0.238 e. The molecule has 0 aromatic heterocycles. The summed E-state index contributed by atoms with van der Waals surface area (Å²) in [6.45, 7) is 0. The van der Waals surface area contributed by atoms with Crippen LogP contribution in [0.25, 0.3) is 0 Å². The molecule has 0 radical (unpaired) electrons. The maximum atomic E-state index is 11.1. The van der Waals surface area contributed by atoms with E-state index in [4.69, 9.17) is 10.7 Å². The van der Waals surface area contributed by atoms with Crippen LogP contribution in [0.1, 0.15) is 25.7 Å². The zero-order valence-corrected chi connectivity index (χ0v) is 9.44. The predicted molar refractivity (Wildman–Crippen MR) is 54.4 cm³/mol. The SMILES string of the molecule is CSCCCC1(S(=O)(=O)Cl)CC1. The van der Waals surface area contributed by atoms with Crippen LogP contribution in [0.3, 0.4) is 0 Å². The van der Waals surface area contributed by atoms with Crippen LogP contribution in [-0.2, 0) is 9.05 Å². The first-order chi connectivity index (χ1) is 5.52. The van der Waals surface area contributed by atoms with Gasteiger partial charge in [-0.1, -0.05) is 0 Å². The molecule has 0 bridgehead atoms. The van der Waals surface area contributed by atoms with Gasteiger partial charge in [-0.05, 0) is 37.7 Å². The smallest absolute Gasteiger partial charge is 0.212 e. The summed E-state index contributed by atoms with van der Waals surface area (Å²) in [5, 5.41) is 0. The minimum absolute atomic E-state index is 0.537. The number of thioether (sulfide) groups is 1. The summed E-state index contributed by atoms with van der Waals surface area (Å²) >= 11 is 1.74. The van der Waals surface area contributed by atoms with E-state index < -0.39 is 13.8 Å². The number of halogens is 1. The molecule has 0 N–H and O–H groups in total. The summed E-state index contributed by atoms with van der Waals surface area (Å²) in [6.07, 6.45) is 5.22. The molecule has 5 heteroatoms. The van der Waals surface area contributed by atoms with Crippen LogP contribution >= 0.6 is 22.4 Å². The summed E-state index contributed by atoms with van der Waals surface area (Å²) in [7, 11) is 2.02. The Morgan fingerprint density at radius 2 is 2.08 bits per heavy atom. The summed E-state index contributed by atoms with van der Waals surface area (Å²) in [5.74, 6) is 1.02. The lowest BCUT2D eigenvalue weighted by Gasteiger charge is -2.09. The third-order valence-electron chi connectivity index (χ3n) is 2.31. The second kappa shape index (κ2) is 3.76. The third kappa shape index (κ3) is 2.30. The number of hydrogen-bond donors (Lipinski definition) is 0. The molecule has 0 atom stereocenters.